The Morgan fingerprint density at radius 2 is 2.05 bits per heavy atom. The van der Waals surface area contributed by atoms with Gasteiger partial charge in [-0.15, -0.1) is 0 Å². The van der Waals surface area contributed by atoms with Crippen LogP contribution in [-0.4, -0.2) is 17.1 Å². The average Bonchev–Trinajstić information content (AvgIpc) is 2.77. The molecule has 114 valence electrons. The largest absolute Gasteiger partial charge is 0.360 e. The first-order valence-electron chi connectivity index (χ1n) is 7.59. The van der Waals surface area contributed by atoms with E-state index in [0.717, 1.165) is 24.2 Å². The fourth-order valence-corrected chi connectivity index (χ4v) is 2.22. The number of hydrogen-bond acceptors (Lipinski definition) is 3. The first-order chi connectivity index (χ1) is 9.33. The topological polar surface area (TPSA) is 55.1 Å². The van der Waals surface area contributed by atoms with Crippen molar-refractivity contribution in [3.63, 3.8) is 0 Å². The number of aromatic nitrogens is 1. The van der Waals surface area contributed by atoms with Gasteiger partial charge in [0.15, 0.2) is 5.69 Å². The third kappa shape index (κ3) is 3.84. The van der Waals surface area contributed by atoms with Crippen LogP contribution in [0.3, 0.4) is 0 Å². The fourth-order valence-electron chi connectivity index (χ4n) is 2.22. The van der Waals surface area contributed by atoms with Crippen molar-refractivity contribution in [3.8, 4) is 0 Å². The Morgan fingerprint density at radius 3 is 2.55 bits per heavy atom. The zero-order valence-electron chi connectivity index (χ0n) is 13.7. The van der Waals surface area contributed by atoms with E-state index in [9.17, 15) is 4.79 Å². The molecule has 4 heteroatoms. The molecule has 0 bridgehead atoms. The second-order valence-corrected chi connectivity index (χ2v) is 6.22. The smallest absolute Gasteiger partial charge is 0.273 e. The van der Waals surface area contributed by atoms with Crippen LogP contribution in [0.1, 0.15) is 75.7 Å². The zero-order valence-corrected chi connectivity index (χ0v) is 13.7. The molecule has 1 aromatic rings. The lowest BCUT2D eigenvalue weighted by molar-refractivity contribution is 0.0888. The van der Waals surface area contributed by atoms with Crippen molar-refractivity contribution in [3.05, 3.63) is 17.0 Å². The van der Waals surface area contributed by atoms with Crippen molar-refractivity contribution >= 4 is 5.91 Å². The Labute approximate surface area is 122 Å². The van der Waals surface area contributed by atoms with Crippen LogP contribution in [0.5, 0.6) is 0 Å². The van der Waals surface area contributed by atoms with E-state index in [0.29, 0.717) is 5.69 Å². The highest BCUT2D eigenvalue weighted by molar-refractivity contribution is 5.93. The maximum absolute atomic E-state index is 12.3. The molecule has 0 aliphatic rings. The molecule has 1 amide bonds. The van der Waals surface area contributed by atoms with Gasteiger partial charge < -0.3 is 9.84 Å². The van der Waals surface area contributed by atoms with Crippen LogP contribution < -0.4 is 5.32 Å². The second-order valence-electron chi connectivity index (χ2n) is 6.22. The summed E-state index contributed by atoms with van der Waals surface area (Å²) in [5.74, 6) is 0.649. The van der Waals surface area contributed by atoms with Gasteiger partial charge in [0.2, 0.25) is 0 Å². The molecule has 1 rings (SSSR count). The van der Waals surface area contributed by atoms with Gasteiger partial charge in [-0.25, -0.2) is 0 Å². The summed E-state index contributed by atoms with van der Waals surface area (Å²) in [6.07, 6.45) is 4.20. The summed E-state index contributed by atoms with van der Waals surface area (Å²) in [6, 6.07) is 0.0997. The lowest BCUT2D eigenvalue weighted by atomic mass is 9.80. The molecular formula is C16H28N2O2. The van der Waals surface area contributed by atoms with E-state index >= 15 is 0 Å². The highest BCUT2D eigenvalue weighted by atomic mass is 16.5. The maximum Gasteiger partial charge on any atom is 0.273 e. The minimum absolute atomic E-state index is 0.0803. The van der Waals surface area contributed by atoms with Gasteiger partial charge in [0.25, 0.3) is 5.91 Å². The van der Waals surface area contributed by atoms with Crippen LogP contribution in [0, 0.1) is 12.3 Å². The van der Waals surface area contributed by atoms with Gasteiger partial charge in [-0.1, -0.05) is 45.7 Å². The first kappa shape index (κ1) is 16.7. The molecule has 0 radical (unpaired) electrons. The molecule has 0 spiro atoms. The van der Waals surface area contributed by atoms with E-state index in [1.807, 2.05) is 13.8 Å². The number of nitrogens with one attached hydrogen (secondary N) is 1. The summed E-state index contributed by atoms with van der Waals surface area (Å²) < 4.78 is 5.19. The highest BCUT2D eigenvalue weighted by Gasteiger charge is 2.28. The van der Waals surface area contributed by atoms with E-state index in [-0.39, 0.29) is 17.4 Å². The minimum Gasteiger partial charge on any atom is -0.360 e. The summed E-state index contributed by atoms with van der Waals surface area (Å²) >= 11 is 0. The molecular weight excluding hydrogens is 252 g/mol. The van der Waals surface area contributed by atoms with Crippen molar-refractivity contribution in [2.45, 2.75) is 73.3 Å². The molecule has 1 N–H and O–H groups in total. The van der Waals surface area contributed by atoms with Gasteiger partial charge in [-0.2, -0.15) is 0 Å². The molecule has 0 fully saturated rings. The molecule has 0 aromatic carbocycles. The van der Waals surface area contributed by atoms with Gasteiger partial charge >= 0.3 is 0 Å². The molecule has 1 atom stereocenters. The van der Waals surface area contributed by atoms with Gasteiger partial charge in [0.05, 0.1) is 0 Å². The Balaban J connectivity index is 2.72. The number of carbonyl (C=O) groups is 1. The molecule has 1 heterocycles. The highest BCUT2D eigenvalue weighted by Crippen LogP contribution is 2.27. The van der Waals surface area contributed by atoms with Gasteiger partial charge in [-0.05, 0) is 25.7 Å². The molecule has 0 saturated heterocycles. The molecule has 1 aromatic heterocycles. The number of amides is 1. The summed E-state index contributed by atoms with van der Waals surface area (Å²) in [6.45, 7) is 12.5. The summed E-state index contributed by atoms with van der Waals surface area (Å²) in [7, 11) is 0. The number of aryl methyl sites for hydroxylation is 1. The quantitative estimate of drug-likeness (QED) is 0.824. The third-order valence-corrected chi connectivity index (χ3v) is 4.25. The molecule has 0 saturated carbocycles. The predicted molar refractivity (Wildman–Crippen MR) is 80.9 cm³/mol. The summed E-state index contributed by atoms with van der Waals surface area (Å²) in [5, 5.41) is 6.96. The van der Waals surface area contributed by atoms with E-state index in [2.05, 4.69) is 38.2 Å². The third-order valence-electron chi connectivity index (χ3n) is 4.25. The standard InChI is InChI=1S/C16H28N2O2/c1-7-9-10-16(5,6)12(4)17-15(19)14-11(3)13(8-2)20-18-14/h12H,7-10H2,1-6H3,(H,17,19). The monoisotopic (exact) mass is 280 g/mol. The Kier molecular flexibility index (Phi) is 5.78. The number of rotatable bonds is 7. The van der Waals surface area contributed by atoms with Gasteiger partial charge in [0.1, 0.15) is 5.76 Å². The van der Waals surface area contributed by atoms with E-state index in [4.69, 9.17) is 4.52 Å². The van der Waals surface area contributed by atoms with Gasteiger partial charge in [-0.3, -0.25) is 4.79 Å². The van der Waals surface area contributed by atoms with Gasteiger partial charge in [0, 0.05) is 18.0 Å². The van der Waals surface area contributed by atoms with E-state index in [1.165, 1.54) is 12.8 Å². The Morgan fingerprint density at radius 1 is 1.40 bits per heavy atom. The molecule has 4 nitrogen and oxygen atoms in total. The SMILES string of the molecule is CCCCC(C)(C)C(C)NC(=O)c1noc(CC)c1C. The fraction of sp³-hybridized carbons (Fsp3) is 0.750. The second kappa shape index (κ2) is 6.91. The number of nitrogens with zero attached hydrogens (tertiary/aromatic N) is 1. The van der Waals surface area contributed by atoms with Crippen molar-refractivity contribution in [2.24, 2.45) is 5.41 Å². The minimum atomic E-state index is -0.136. The van der Waals surface area contributed by atoms with Crippen molar-refractivity contribution in [1.29, 1.82) is 0 Å². The van der Waals surface area contributed by atoms with Crippen LogP contribution >= 0.6 is 0 Å². The normalized spacial score (nSPS) is 13.3. The number of hydrogen-bond donors (Lipinski definition) is 1. The van der Waals surface area contributed by atoms with Crippen LogP contribution in [-0.2, 0) is 6.42 Å². The van der Waals surface area contributed by atoms with Crippen molar-refractivity contribution in [1.82, 2.24) is 10.5 Å². The lowest BCUT2D eigenvalue weighted by Gasteiger charge is -2.32. The average molecular weight is 280 g/mol. The van der Waals surface area contributed by atoms with Crippen LogP contribution in [0.4, 0.5) is 0 Å². The predicted octanol–water partition coefficient (Wildman–Crippen LogP) is 3.88. The number of carbonyl (C=O) groups excluding carboxylic acids is 1. The maximum atomic E-state index is 12.3. The summed E-state index contributed by atoms with van der Waals surface area (Å²) in [4.78, 5) is 12.3. The molecule has 0 aliphatic heterocycles. The molecule has 20 heavy (non-hydrogen) atoms. The summed E-state index contributed by atoms with van der Waals surface area (Å²) in [5.41, 5.74) is 1.35. The van der Waals surface area contributed by atoms with Crippen LogP contribution in [0.15, 0.2) is 4.52 Å². The molecule has 1 unspecified atom stereocenters. The Bertz CT molecular complexity index is 449. The molecule has 0 aliphatic carbocycles. The number of unbranched alkanes of at least 4 members (excludes halogenated alkanes) is 1. The lowest BCUT2D eigenvalue weighted by Crippen LogP contribution is -2.43. The van der Waals surface area contributed by atoms with E-state index in [1.54, 1.807) is 0 Å². The van der Waals surface area contributed by atoms with Crippen molar-refractivity contribution in [2.75, 3.05) is 0 Å². The van der Waals surface area contributed by atoms with Crippen LogP contribution in [0.2, 0.25) is 0 Å². The van der Waals surface area contributed by atoms with Crippen LogP contribution in [0.25, 0.3) is 0 Å². The van der Waals surface area contributed by atoms with E-state index < -0.39 is 0 Å². The Hall–Kier alpha value is -1.32. The van der Waals surface area contributed by atoms with Crippen molar-refractivity contribution < 1.29 is 9.32 Å². The zero-order chi connectivity index (χ0) is 15.3. The first-order valence-corrected chi connectivity index (χ1v) is 7.59.